The Bertz CT molecular complexity index is 723. The molecule has 0 atom stereocenters. The van der Waals surface area contributed by atoms with Crippen LogP contribution in [0.3, 0.4) is 0 Å². The van der Waals surface area contributed by atoms with Crippen LogP contribution in [0.15, 0.2) is 30.3 Å². The first-order chi connectivity index (χ1) is 12.5. The van der Waals surface area contributed by atoms with E-state index in [1.165, 1.54) is 11.3 Å². The standard InChI is InChI=1S/C19H27N5OS/c1-23(2)12-9-16-21-22-18(26-16)20-17(25)19(10-13-24(3)14-11-19)15-7-5-4-6-8-15/h4-8H,9-14H2,1-3H3,(H,20,22,25). The van der Waals surface area contributed by atoms with Crippen molar-refractivity contribution in [2.75, 3.05) is 46.1 Å². The Hall–Kier alpha value is -1.83. The molecule has 2 heterocycles. The summed E-state index contributed by atoms with van der Waals surface area (Å²) in [6.07, 6.45) is 2.46. The summed E-state index contributed by atoms with van der Waals surface area (Å²) in [4.78, 5) is 17.7. The Morgan fingerprint density at radius 3 is 2.58 bits per heavy atom. The lowest BCUT2D eigenvalue weighted by Gasteiger charge is -2.39. The molecule has 1 aromatic carbocycles. The minimum Gasteiger partial charge on any atom is -0.309 e. The third-order valence-electron chi connectivity index (χ3n) is 5.06. The second kappa shape index (κ2) is 8.24. The maximum Gasteiger partial charge on any atom is 0.236 e. The van der Waals surface area contributed by atoms with Crippen LogP contribution in [0.2, 0.25) is 0 Å². The minimum absolute atomic E-state index is 0.0344. The Labute approximate surface area is 159 Å². The highest BCUT2D eigenvalue weighted by Gasteiger charge is 2.42. The van der Waals surface area contributed by atoms with E-state index in [4.69, 9.17) is 0 Å². The first-order valence-electron chi connectivity index (χ1n) is 9.02. The van der Waals surface area contributed by atoms with E-state index in [2.05, 4.69) is 44.5 Å². The van der Waals surface area contributed by atoms with Crippen LogP contribution in [0.4, 0.5) is 5.13 Å². The predicted molar refractivity (Wildman–Crippen MR) is 106 cm³/mol. The molecule has 1 amide bonds. The molecule has 0 aliphatic carbocycles. The lowest BCUT2D eigenvalue weighted by atomic mass is 9.72. The Morgan fingerprint density at radius 1 is 1.23 bits per heavy atom. The van der Waals surface area contributed by atoms with E-state index in [-0.39, 0.29) is 5.91 Å². The normalized spacial score (nSPS) is 17.4. The SMILES string of the molecule is CN(C)CCc1nnc(NC(=O)C2(c3ccccc3)CCN(C)CC2)s1. The molecule has 6 nitrogen and oxygen atoms in total. The van der Waals surface area contributed by atoms with Gasteiger partial charge in [0, 0.05) is 13.0 Å². The molecular formula is C19H27N5OS. The Kier molecular flexibility index (Phi) is 6.01. The fourth-order valence-corrected chi connectivity index (χ4v) is 4.07. The molecule has 0 radical (unpaired) electrons. The highest BCUT2D eigenvalue weighted by molar-refractivity contribution is 7.15. The highest BCUT2D eigenvalue weighted by Crippen LogP contribution is 2.36. The van der Waals surface area contributed by atoms with Gasteiger partial charge < -0.3 is 9.80 Å². The fourth-order valence-electron chi connectivity index (χ4n) is 3.35. The van der Waals surface area contributed by atoms with Gasteiger partial charge in [-0.25, -0.2) is 0 Å². The molecule has 1 aromatic heterocycles. The molecule has 1 aliphatic rings. The van der Waals surface area contributed by atoms with E-state index in [0.29, 0.717) is 5.13 Å². The second-order valence-corrected chi connectivity index (χ2v) is 8.32. The summed E-state index contributed by atoms with van der Waals surface area (Å²) in [6.45, 7) is 2.74. The van der Waals surface area contributed by atoms with Gasteiger partial charge in [-0.05, 0) is 52.6 Å². The maximum absolute atomic E-state index is 13.3. The number of benzene rings is 1. The molecule has 1 N–H and O–H groups in total. The number of carbonyl (C=O) groups excluding carboxylic acids is 1. The average Bonchev–Trinajstić information content (AvgIpc) is 3.09. The first-order valence-corrected chi connectivity index (χ1v) is 9.84. The van der Waals surface area contributed by atoms with E-state index in [1.807, 2.05) is 32.3 Å². The van der Waals surface area contributed by atoms with E-state index in [9.17, 15) is 4.79 Å². The van der Waals surface area contributed by atoms with Gasteiger partial charge in [0.2, 0.25) is 11.0 Å². The van der Waals surface area contributed by atoms with Crippen molar-refractivity contribution in [1.82, 2.24) is 20.0 Å². The van der Waals surface area contributed by atoms with Crippen LogP contribution in [-0.2, 0) is 16.6 Å². The van der Waals surface area contributed by atoms with Crippen LogP contribution in [0, 0.1) is 0 Å². The summed E-state index contributed by atoms with van der Waals surface area (Å²) >= 11 is 1.47. The summed E-state index contributed by atoms with van der Waals surface area (Å²) in [7, 11) is 6.18. The van der Waals surface area contributed by atoms with Crippen molar-refractivity contribution in [3.05, 3.63) is 40.9 Å². The molecular weight excluding hydrogens is 346 g/mol. The van der Waals surface area contributed by atoms with E-state index < -0.39 is 5.41 Å². The van der Waals surface area contributed by atoms with Gasteiger partial charge in [0.15, 0.2) is 0 Å². The summed E-state index contributed by atoms with van der Waals surface area (Å²) in [5, 5.41) is 13.0. The topological polar surface area (TPSA) is 61.4 Å². The number of aromatic nitrogens is 2. The molecule has 2 aromatic rings. The van der Waals surface area contributed by atoms with Gasteiger partial charge in [0.25, 0.3) is 0 Å². The molecule has 1 saturated heterocycles. The number of hydrogen-bond donors (Lipinski definition) is 1. The lowest BCUT2D eigenvalue weighted by Crippen LogP contribution is -2.48. The monoisotopic (exact) mass is 373 g/mol. The van der Waals surface area contributed by atoms with Crippen molar-refractivity contribution in [1.29, 1.82) is 0 Å². The zero-order chi connectivity index (χ0) is 18.6. The van der Waals surface area contributed by atoms with E-state index >= 15 is 0 Å². The van der Waals surface area contributed by atoms with Gasteiger partial charge in [-0.1, -0.05) is 41.7 Å². The Balaban J connectivity index is 1.76. The van der Waals surface area contributed by atoms with Gasteiger partial charge in [-0.3, -0.25) is 10.1 Å². The van der Waals surface area contributed by atoms with Gasteiger partial charge in [0.05, 0.1) is 5.41 Å². The fraction of sp³-hybridized carbons (Fsp3) is 0.526. The number of nitrogens with one attached hydrogen (secondary N) is 1. The summed E-state index contributed by atoms with van der Waals surface area (Å²) in [5.74, 6) is 0.0344. The highest BCUT2D eigenvalue weighted by atomic mass is 32.1. The molecule has 3 rings (SSSR count). The van der Waals surface area contributed by atoms with E-state index in [1.54, 1.807) is 0 Å². The van der Waals surface area contributed by atoms with Crippen LogP contribution in [0.1, 0.15) is 23.4 Å². The zero-order valence-electron chi connectivity index (χ0n) is 15.7. The first kappa shape index (κ1) is 18.9. The number of hydrogen-bond acceptors (Lipinski definition) is 6. The quantitative estimate of drug-likeness (QED) is 0.841. The van der Waals surface area contributed by atoms with E-state index in [0.717, 1.165) is 49.5 Å². The van der Waals surface area contributed by atoms with Gasteiger partial charge in [-0.2, -0.15) is 0 Å². The lowest BCUT2D eigenvalue weighted by molar-refractivity contribution is -0.123. The number of rotatable bonds is 6. The van der Waals surface area contributed by atoms with Crippen molar-refractivity contribution >= 4 is 22.4 Å². The third kappa shape index (κ3) is 4.28. The van der Waals surface area contributed by atoms with Crippen LogP contribution >= 0.6 is 11.3 Å². The summed E-state index contributed by atoms with van der Waals surface area (Å²) < 4.78 is 0. The number of likely N-dealkylation sites (tertiary alicyclic amines) is 1. The summed E-state index contributed by atoms with van der Waals surface area (Å²) in [5.41, 5.74) is 0.589. The van der Waals surface area contributed by atoms with Crippen LogP contribution < -0.4 is 5.32 Å². The molecule has 1 aliphatic heterocycles. The zero-order valence-corrected chi connectivity index (χ0v) is 16.6. The van der Waals surface area contributed by atoms with Crippen molar-refractivity contribution in [3.8, 4) is 0 Å². The largest absolute Gasteiger partial charge is 0.309 e. The van der Waals surface area contributed by atoms with Crippen LogP contribution in [-0.4, -0.2) is 66.7 Å². The van der Waals surface area contributed by atoms with Crippen LogP contribution in [0.25, 0.3) is 0 Å². The van der Waals surface area contributed by atoms with Crippen LogP contribution in [0.5, 0.6) is 0 Å². The number of likely N-dealkylation sites (N-methyl/N-ethyl adjacent to an activating group) is 1. The molecule has 26 heavy (non-hydrogen) atoms. The van der Waals surface area contributed by atoms with Crippen molar-refractivity contribution in [3.63, 3.8) is 0 Å². The number of carbonyl (C=O) groups is 1. The van der Waals surface area contributed by atoms with Gasteiger partial charge >= 0.3 is 0 Å². The van der Waals surface area contributed by atoms with Gasteiger partial charge in [0.1, 0.15) is 5.01 Å². The van der Waals surface area contributed by atoms with Crippen molar-refractivity contribution in [2.24, 2.45) is 0 Å². The molecule has 140 valence electrons. The molecule has 0 unspecified atom stereocenters. The van der Waals surface area contributed by atoms with Crippen molar-refractivity contribution in [2.45, 2.75) is 24.7 Å². The number of anilines is 1. The molecule has 0 spiro atoms. The molecule has 0 bridgehead atoms. The smallest absolute Gasteiger partial charge is 0.236 e. The maximum atomic E-state index is 13.3. The Morgan fingerprint density at radius 2 is 1.92 bits per heavy atom. The molecule has 0 saturated carbocycles. The molecule has 1 fully saturated rings. The molecule has 7 heteroatoms. The summed E-state index contributed by atoms with van der Waals surface area (Å²) in [6, 6.07) is 10.1. The third-order valence-corrected chi connectivity index (χ3v) is 5.96. The number of piperidine rings is 1. The second-order valence-electron chi connectivity index (χ2n) is 7.26. The predicted octanol–water partition coefficient (Wildman–Crippen LogP) is 2.24. The van der Waals surface area contributed by atoms with Crippen molar-refractivity contribution < 1.29 is 4.79 Å². The number of nitrogens with zero attached hydrogens (tertiary/aromatic N) is 4. The van der Waals surface area contributed by atoms with Gasteiger partial charge in [-0.15, -0.1) is 10.2 Å². The minimum atomic E-state index is -0.497. The number of amides is 1. The average molecular weight is 374 g/mol.